The number of likely N-dealkylation sites (N-methyl/N-ethyl adjacent to an activating group) is 1. The van der Waals surface area contributed by atoms with Crippen molar-refractivity contribution in [1.29, 1.82) is 0 Å². The van der Waals surface area contributed by atoms with Crippen molar-refractivity contribution in [3.8, 4) is 0 Å². The maximum atomic E-state index is 5.96. The molecule has 0 atom stereocenters. The van der Waals surface area contributed by atoms with Crippen LogP contribution in [-0.2, 0) is 6.54 Å². The Bertz CT molecular complexity index is 534. The van der Waals surface area contributed by atoms with Gasteiger partial charge in [0.25, 0.3) is 0 Å². The Hall–Kier alpha value is -1.79. The molecule has 1 aromatic rings. The topological polar surface area (TPSA) is 83.2 Å². The molecule has 7 heteroatoms. The summed E-state index contributed by atoms with van der Waals surface area (Å²) < 4.78 is 0. The van der Waals surface area contributed by atoms with Gasteiger partial charge in [0.2, 0.25) is 5.96 Å². The monoisotopic (exact) mass is 308 g/mol. The maximum Gasteiger partial charge on any atom is 0.218 e. The summed E-state index contributed by atoms with van der Waals surface area (Å²) in [5, 5.41) is 0.682. The van der Waals surface area contributed by atoms with Crippen LogP contribution in [0, 0.1) is 0 Å². The zero-order valence-corrected chi connectivity index (χ0v) is 12.9. The summed E-state index contributed by atoms with van der Waals surface area (Å²) in [6.07, 6.45) is 0. The fraction of sp³-hybridized carbons (Fsp3) is 0.429. The molecule has 0 aliphatic carbocycles. The first-order chi connectivity index (χ1) is 10.0. The van der Waals surface area contributed by atoms with Crippen LogP contribution in [0.1, 0.15) is 5.56 Å². The highest BCUT2D eigenvalue weighted by Gasteiger charge is 2.15. The number of piperazine rings is 1. The smallest absolute Gasteiger partial charge is 0.218 e. The molecule has 0 saturated carbocycles. The first kappa shape index (κ1) is 15.6. The number of aliphatic imine (C=N–C) groups is 2. The fourth-order valence-corrected chi connectivity index (χ4v) is 2.28. The van der Waals surface area contributed by atoms with Crippen LogP contribution in [0.3, 0.4) is 0 Å². The number of guanidine groups is 2. The van der Waals surface area contributed by atoms with Gasteiger partial charge in [-0.2, -0.15) is 4.99 Å². The average molecular weight is 309 g/mol. The minimum absolute atomic E-state index is 0.186. The number of hydrogen-bond donors (Lipinski definition) is 2. The molecule has 0 spiro atoms. The van der Waals surface area contributed by atoms with Gasteiger partial charge in [0.05, 0.1) is 6.54 Å². The average Bonchev–Trinajstić information content (AvgIpc) is 2.46. The van der Waals surface area contributed by atoms with Gasteiger partial charge in [0.1, 0.15) is 0 Å². The van der Waals surface area contributed by atoms with Crippen LogP contribution in [0.5, 0.6) is 0 Å². The number of hydrogen-bond acceptors (Lipinski definition) is 2. The van der Waals surface area contributed by atoms with Crippen LogP contribution in [0.15, 0.2) is 34.3 Å². The van der Waals surface area contributed by atoms with E-state index in [2.05, 4.69) is 21.9 Å². The molecule has 114 valence electrons. The molecule has 1 heterocycles. The van der Waals surface area contributed by atoms with E-state index < -0.39 is 0 Å². The lowest BCUT2D eigenvalue weighted by Crippen LogP contribution is -2.50. The summed E-state index contributed by atoms with van der Waals surface area (Å²) in [5.74, 6) is 0.613. The van der Waals surface area contributed by atoms with Gasteiger partial charge in [-0.15, -0.1) is 0 Å². The second-order valence-corrected chi connectivity index (χ2v) is 5.50. The fourth-order valence-electron chi connectivity index (χ4n) is 2.07. The van der Waals surface area contributed by atoms with Crippen molar-refractivity contribution in [2.24, 2.45) is 21.5 Å². The molecular weight excluding hydrogens is 288 g/mol. The largest absolute Gasteiger partial charge is 0.369 e. The van der Waals surface area contributed by atoms with E-state index in [1.807, 2.05) is 29.2 Å². The van der Waals surface area contributed by atoms with E-state index in [1.54, 1.807) is 0 Å². The standard InChI is InChI=1S/C14H21ClN6/c1-20-5-7-21(8-6-20)14(17)19-13(16)18-10-11-3-2-4-12(15)9-11/h2-4,9H,5-8,10H2,1H3,(H4,16,17,18,19). The summed E-state index contributed by atoms with van der Waals surface area (Å²) in [6.45, 7) is 4.08. The quantitative estimate of drug-likeness (QED) is 0.623. The molecule has 2 rings (SSSR count). The molecule has 0 radical (unpaired) electrons. The molecule has 0 bridgehead atoms. The Morgan fingerprint density at radius 2 is 1.95 bits per heavy atom. The first-order valence-electron chi connectivity index (χ1n) is 6.86. The van der Waals surface area contributed by atoms with Gasteiger partial charge in [-0.3, -0.25) is 0 Å². The second kappa shape index (κ2) is 7.28. The van der Waals surface area contributed by atoms with Crippen molar-refractivity contribution in [3.63, 3.8) is 0 Å². The molecule has 6 nitrogen and oxygen atoms in total. The van der Waals surface area contributed by atoms with Crippen LogP contribution in [0.25, 0.3) is 0 Å². The zero-order valence-electron chi connectivity index (χ0n) is 12.2. The van der Waals surface area contributed by atoms with Gasteiger partial charge in [0.15, 0.2) is 5.96 Å². The molecule has 1 aliphatic rings. The van der Waals surface area contributed by atoms with Crippen LogP contribution in [-0.4, -0.2) is 54.9 Å². The van der Waals surface area contributed by atoms with E-state index in [9.17, 15) is 0 Å². The van der Waals surface area contributed by atoms with E-state index in [-0.39, 0.29) is 5.96 Å². The highest BCUT2D eigenvalue weighted by atomic mass is 35.5. The number of rotatable bonds is 2. The summed E-state index contributed by atoms with van der Waals surface area (Å²) in [5.41, 5.74) is 12.8. The van der Waals surface area contributed by atoms with Gasteiger partial charge in [-0.1, -0.05) is 23.7 Å². The minimum atomic E-state index is 0.186. The molecule has 1 saturated heterocycles. The Balaban J connectivity index is 1.94. The molecule has 1 aliphatic heterocycles. The third-order valence-electron chi connectivity index (χ3n) is 3.37. The number of nitrogens with zero attached hydrogens (tertiary/aromatic N) is 4. The molecule has 0 amide bonds. The summed E-state index contributed by atoms with van der Waals surface area (Å²) in [4.78, 5) is 12.6. The first-order valence-corrected chi connectivity index (χ1v) is 7.24. The van der Waals surface area contributed by atoms with Gasteiger partial charge < -0.3 is 21.3 Å². The summed E-state index contributed by atoms with van der Waals surface area (Å²) in [7, 11) is 2.09. The van der Waals surface area contributed by atoms with E-state index in [4.69, 9.17) is 23.1 Å². The highest BCUT2D eigenvalue weighted by Crippen LogP contribution is 2.11. The van der Waals surface area contributed by atoms with Crippen LogP contribution < -0.4 is 11.5 Å². The number of benzene rings is 1. The highest BCUT2D eigenvalue weighted by molar-refractivity contribution is 6.30. The van der Waals surface area contributed by atoms with Gasteiger partial charge in [-0.25, -0.2) is 4.99 Å². The van der Waals surface area contributed by atoms with Crippen molar-refractivity contribution in [2.75, 3.05) is 33.2 Å². The maximum absolute atomic E-state index is 5.96. The Kier molecular flexibility index (Phi) is 5.41. The summed E-state index contributed by atoms with van der Waals surface area (Å²) in [6, 6.07) is 7.49. The Morgan fingerprint density at radius 1 is 1.24 bits per heavy atom. The van der Waals surface area contributed by atoms with Crippen LogP contribution >= 0.6 is 11.6 Å². The third kappa shape index (κ3) is 4.91. The molecule has 1 aromatic carbocycles. The van der Waals surface area contributed by atoms with Gasteiger partial charge in [-0.05, 0) is 24.7 Å². The van der Waals surface area contributed by atoms with Gasteiger partial charge >= 0.3 is 0 Å². The van der Waals surface area contributed by atoms with Gasteiger partial charge in [0, 0.05) is 31.2 Å². The van der Waals surface area contributed by atoms with Crippen LogP contribution in [0.2, 0.25) is 5.02 Å². The molecule has 0 aromatic heterocycles. The normalized spacial score (nSPS) is 18.1. The lowest BCUT2D eigenvalue weighted by molar-refractivity contribution is 0.214. The minimum Gasteiger partial charge on any atom is -0.369 e. The molecule has 0 unspecified atom stereocenters. The van der Waals surface area contributed by atoms with Crippen molar-refractivity contribution in [3.05, 3.63) is 34.9 Å². The lowest BCUT2D eigenvalue weighted by Gasteiger charge is -2.32. The molecule has 4 N–H and O–H groups in total. The lowest BCUT2D eigenvalue weighted by atomic mass is 10.2. The molecule has 21 heavy (non-hydrogen) atoms. The predicted octanol–water partition coefficient (Wildman–Crippen LogP) is 0.717. The third-order valence-corrected chi connectivity index (χ3v) is 3.60. The van der Waals surface area contributed by atoms with Crippen molar-refractivity contribution >= 4 is 23.5 Å². The second-order valence-electron chi connectivity index (χ2n) is 5.06. The van der Waals surface area contributed by atoms with E-state index in [0.29, 0.717) is 17.5 Å². The number of halogens is 1. The van der Waals surface area contributed by atoms with E-state index in [1.165, 1.54) is 0 Å². The molecule has 1 fully saturated rings. The Labute approximate surface area is 130 Å². The van der Waals surface area contributed by atoms with Crippen molar-refractivity contribution < 1.29 is 0 Å². The number of nitrogens with two attached hydrogens (primary N) is 2. The Morgan fingerprint density at radius 3 is 2.62 bits per heavy atom. The SMILES string of the molecule is CN1CCN(/C(N)=N/C(N)=NCc2cccc(Cl)c2)CC1. The zero-order chi connectivity index (χ0) is 15.2. The van der Waals surface area contributed by atoms with Crippen LogP contribution in [0.4, 0.5) is 0 Å². The van der Waals surface area contributed by atoms with E-state index in [0.717, 1.165) is 31.7 Å². The summed E-state index contributed by atoms with van der Waals surface area (Å²) >= 11 is 5.92. The van der Waals surface area contributed by atoms with Crippen molar-refractivity contribution in [2.45, 2.75) is 6.54 Å². The predicted molar refractivity (Wildman–Crippen MR) is 87.5 cm³/mol. The van der Waals surface area contributed by atoms with Crippen molar-refractivity contribution in [1.82, 2.24) is 9.80 Å². The molecular formula is C14H21ClN6. The van der Waals surface area contributed by atoms with E-state index >= 15 is 0 Å².